The first-order valence-corrected chi connectivity index (χ1v) is 11.8. The largest absolute Gasteiger partial charge is 0.454 e. The summed E-state index contributed by atoms with van der Waals surface area (Å²) in [4.78, 5) is 20.3. The Hall–Kier alpha value is -3.16. The lowest BCUT2D eigenvalue weighted by molar-refractivity contribution is -0.141. The number of methoxy groups -OCH3 is 1. The molecule has 5 rings (SSSR count). The molecule has 3 aromatic rings. The fourth-order valence-corrected chi connectivity index (χ4v) is 4.65. The molecule has 0 radical (unpaired) electrons. The van der Waals surface area contributed by atoms with Gasteiger partial charge in [0.05, 0.1) is 11.2 Å². The molecule has 2 aliphatic heterocycles. The summed E-state index contributed by atoms with van der Waals surface area (Å²) in [5.74, 6) is 1.46. The Labute approximate surface area is 199 Å². The minimum atomic E-state index is -0.369. The van der Waals surface area contributed by atoms with E-state index in [4.69, 9.17) is 23.9 Å². The summed E-state index contributed by atoms with van der Waals surface area (Å²) in [6.07, 6.45) is 2.08. The molecule has 7 nitrogen and oxygen atoms in total. The Morgan fingerprint density at radius 3 is 2.76 bits per heavy atom. The van der Waals surface area contributed by atoms with Crippen molar-refractivity contribution < 1.29 is 23.7 Å². The molecule has 0 unspecified atom stereocenters. The van der Waals surface area contributed by atoms with Gasteiger partial charge in [-0.1, -0.05) is 24.3 Å². The van der Waals surface area contributed by atoms with Crippen molar-refractivity contribution in [3.63, 3.8) is 0 Å². The molecule has 0 spiro atoms. The van der Waals surface area contributed by atoms with Crippen molar-refractivity contribution in [2.75, 3.05) is 33.7 Å². The molecule has 1 atom stereocenters. The molecule has 0 saturated carbocycles. The van der Waals surface area contributed by atoms with E-state index in [1.165, 1.54) is 0 Å². The van der Waals surface area contributed by atoms with E-state index in [0.717, 1.165) is 58.3 Å². The molecule has 1 saturated heterocycles. The number of benzene rings is 2. The number of hydrogen-bond acceptors (Lipinski definition) is 6. The molecule has 0 aliphatic carbocycles. The first kappa shape index (κ1) is 22.6. The van der Waals surface area contributed by atoms with E-state index in [9.17, 15) is 4.79 Å². The SMILES string of the molecule is COCCCN(Cc1cc2cc3c(cc2nc1-c1ccccc1C)OCO3)C(=O)[C@H]1CCCO1. The van der Waals surface area contributed by atoms with E-state index in [1.54, 1.807) is 7.11 Å². The second-order valence-electron chi connectivity index (χ2n) is 8.82. The highest BCUT2D eigenvalue weighted by molar-refractivity contribution is 5.87. The van der Waals surface area contributed by atoms with Crippen molar-refractivity contribution in [2.45, 2.75) is 38.8 Å². The predicted molar refractivity (Wildman–Crippen MR) is 129 cm³/mol. The van der Waals surface area contributed by atoms with Crippen LogP contribution in [-0.2, 0) is 20.8 Å². The van der Waals surface area contributed by atoms with Crippen LogP contribution in [0.4, 0.5) is 0 Å². The highest BCUT2D eigenvalue weighted by atomic mass is 16.7. The van der Waals surface area contributed by atoms with Crippen LogP contribution in [0.25, 0.3) is 22.2 Å². The minimum Gasteiger partial charge on any atom is -0.454 e. The summed E-state index contributed by atoms with van der Waals surface area (Å²) < 4.78 is 22.1. The Bertz CT molecular complexity index is 1190. The van der Waals surface area contributed by atoms with E-state index >= 15 is 0 Å². The number of aromatic nitrogens is 1. The predicted octanol–water partition coefficient (Wildman–Crippen LogP) is 4.48. The number of ether oxygens (including phenoxy) is 4. The maximum Gasteiger partial charge on any atom is 0.252 e. The minimum absolute atomic E-state index is 0.0371. The monoisotopic (exact) mass is 462 g/mol. The molecular weight excluding hydrogens is 432 g/mol. The highest BCUT2D eigenvalue weighted by Crippen LogP contribution is 2.38. The number of carbonyl (C=O) groups excluding carboxylic acids is 1. The second-order valence-corrected chi connectivity index (χ2v) is 8.82. The molecular formula is C27H30N2O5. The van der Waals surface area contributed by atoms with E-state index < -0.39 is 0 Å². The molecule has 34 heavy (non-hydrogen) atoms. The van der Waals surface area contributed by atoms with Crippen molar-refractivity contribution in [1.29, 1.82) is 0 Å². The number of carbonyl (C=O) groups is 1. The molecule has 1 aromatic heterocycles. The standard InChI is InChI=1S/C27H30N2O5/c1-18-7-3-4-8-21(18)26-20(13-19-14-24-25(34-17-33-24)15-22(19)28-26)16-29(10-6-11-31-2)27(30)23-9-5-12-32-23/h3-4,7-8,13-15,23H,5-6,9-12,16-17H2,1-2H3/t23-/m1/s1. The van der Waals surface area contributed by atoms with Gasteiger partial charge in [-0.25, -0.2) is 4.98 Å². The van der Waals surface area contributed by atoms with Crippen LogP contribution < -0.4 is 9.47 Å². The molecule has 1 fully saturated rings. The van der Waals surface area contributed by atoms with E-state index in [-0.39, 0.29) is 18.8 Å². The fraction of sp³-hybridized carbons (Fsp3) is 0.407. The molecule has 3 heterocycles. The molecule has 0 N–H and O–H groups in total. The zero-order chi connectivity index (χ0) is 23.5. The molecule has 2 aliphatic rings. The van der Waals surface area contributed by atoms with Crippen LogP contribution in [0.1, 0.15) is 30.4 Å². The van der Waals surface area contributed by atoms with Crippen LogP contribution in [0.2, 0.25) is 0 Å². The normalized spacial score (nSPS) is 16.8. The first-order chi connectivity index (χ1) is 16.6. The lowest BCUT2D eigenvalue weighted by Gasteiger charge is -2.26. The highest BCUT2D eigenvalue weighted by Gasteiger charge is 2.29. The zero-order valence-electron chi connectivity index (χ0n) is 19.7. The Morgan fingerprint density at radius 2 is 2.00 bits per heavy atom. The van der Waals surface area contributed by atoms with E-state index in [2.05, 4.69) is 25.1 Å². The number of nitrogens with zero attached hydrogens (tertiary/aromatic N) is 2. The first-order valence-electron chi connectivity index (χ1n) is 11.8. The summed E-state index contributed by atoms with van der Waals surface area (Å²) in [5, 5.41) is 0.956. The second kappa shape index (κ2) is 9.99. The van der Waals surface area contributed by atoms with Crippen LogP contribution in [0.15, 0.2) is 42.5 Å². The Morgan fingerprint density at radius 1 is 1.18 bits per heavy atom. The number of aryl methyl sites for hydroxylation is 1. The lowest BCUT2D eigenvalue weighted by Crippen LogP contribution is -2.39. The van der Waals surface area contributed by atoms with Gasteiger partial charge in [-0.05, 0) is 49.4 Å². The molecule has 7 heteroatoms. The number of pyridine rings is 1. The van der Waals surface area contributed by atoms with Crippen LogP contribution in [-0.4, -0.2) is 55.6 Å². The van der Waals surface area contributed by atoms with Crippen LogP contribution in [0.3, 0.4) is 0 Å². The number of fused-ring (bicyclic) bond motifs is 2. The van der Waals surface area contributed by atoms with Gasteiger partial charge in [0.2, 0.25) is 6.79 Å². The van der Waals surface area contributed by atoms with Gasteiger partial charge in [0, 0.05) is 50.4 Å². The van der Waals surface area contributed by atoms with Gasteiger partial charge in [0.1, 0.15) is 6.10 Å². The lowest BCUT2D eigenvalue weighted by atomic mass is 9.98. The number of amides is 1. The molecule has 178 valence electrons. The van der Waals surface area contributed by atoms with Gasteiger partial charge < -0.3 is 23.8 Å². The average molecular weight is 463 g/mol. The molecule has 1 amide bonds. The molecule has 0 bridgehead atoms. The maximum atomic E-state index is 13.4. The van der Waals surface area contributed by atoms with Crippen molar-refractivity contribution in [3.8, 4) is 22.8 Å². The third-order valence-corrected chi connectivity index (χ3v) is 6.44. The van der Waals surface area contributed by atoms with Gasteiger partial charge in [-0.3, -0.25) is 4.79 Å². The maximum absolute atomic E-state index is 13.4. The van der Waals surface area contributed by atoms with E-state index in [0.29, 0.717) is 32.1 Å². The van der Waals surface area contributed by atoms with Crippen LogP contribution in [0, 0.1) is 6.92 Å². The summed E-state index contributed by atoms with van der Waals surface area (Å²) in [6, 6.07) is 14.2. The Kier molecular flexibility index (Phi) is 6.65. The Balaban J connectivity index is 1.57. The third kappa shape index (κ3) is 4.58. The molecule has 2 aromatic carbocycles. The quantitative estimate of drug-likeness (QED) is 0.460. The average Bonchev–Trinajstić information content (AvgIpc) is 3.54. The number of rotatable bonds is 8. The topological polar surface area (TPSA) is 70.1 Å². The summed E-state index contributed by atoms with van der Waals surface area (Å²) >= 11 is 0. The van der Waals surface area contributed by atoms with Gasteiger partial charge in [-0.2, -0.15) is 0 Å². The van der Waals surface area contributed by atoms with Gasteiger partial charge >= 0.3 is 0 Å². The number of hydrogen-bond donors (Lipinski definition) is 0. The van der Waals surface area contributed by atoms with Crippen molar-refractivity contribution >= 4 is 16.8 Å². The van der Waals surface area contributed by atoms with Gasteiger partial charge in [0.15, 0.2) is 11.5 Å². The third-order valence-electron chi connectivity index (χ3n) is 6.44. The van der Waals surface area contributed by atoms with Gasteiger partial charge in [0.25, 0.3) is 5.91 Å². The van der Waals surface area contributed by atoms with Gasteiger partial charge in [-0.15, -0.1) is 0 Å². The summed E-state index contributed by atoms with van der Waals surface area (Å²) in [5.41, 5.74) is 4.89. The van der Waals surface area contributed by atoms with Crippen LogP contribution >= 0.6 is 0 Å². The van der Waals surface area contributed by atoms with Crippen molar-refractivity contribution in [2.24, 2.45) is 0 Å². The van der Waals surface area contributed by atoms with E-state index in [1.807, 2.05) is 29.2 Å². The summed E-state index contributed by atoms with van der Waals surface area (Å²) in [7, 11) is 1.68. The smallest absolute Gasteiger partial charge is 0.252 e. The fourth-order valence-electron chi connectivity index (χ4n) is 4.65. The zero-order valence-corrected chi connectivity index (χ0v) is 19.7. The summed E-state index contributed by atoms with van der Waals surface area (Å²) in [6.45, 7) is 4.58. The van der Waals surface area contributed by atoms with Crippen LogP contribution in [0.5, 0.6) is 11.5 Å². The van der Waals surface area contributed by atoms with Crippen molar-refractivity contribution in [1.82, 2.24) is 9.88 Å². The van der Waals surface area contributed by atoms with Crippen molar-refractivity contribution in [3.05, 3.63) is 53.6 Å².